The number of benzene rings is 1. The molecule has 92 valence electrons. The Labute approximate surface area is 102 Å². The fourth-order valence-corrected chi connectivity index (χ4v) is 1.67. The van der Waals surface area contributed by atoms with E-state index in [0.717, 1.165) is 16.9 Å². The molecule has 1 heterocycles. The van der Waals surface area contributed by atoms with Gasteiger partial charge in [-0.15, -0.1) is 0 Å². The highest BCUT2D eigenvalue weighted by Gasteiger charge is 2.11. The summed E-state index contributed by atoms with van der Waals surface area (Å²) in [6, 6.07) is 8.10. The van der Waals surface area contributed by atoms with Gasteiger partial charge < -0.3 is 4.57 Å². The molecule has 0 bridgehead atoms. The van der Waals surface area contributed by atoms with Gasteiger partial charge in [-0.05, 0) is 32.9 Å². The van der Waals surface area contributed by atoms with E-state index >= 15 is 0 Å². The van der Waals surface area contributed by atoms with Crippen molar-refractivity contribution in [2.24, 2.45) is 7.05 Å². The quantitative estimate of drug-likeness (QED) is 0.827. The van der Waals surface area contributed by atoms with Gasteiger partial charge >= 0.3 is 0 Å². The second kappa shape index (κ2) is 4.47. The van der Waals surface area contributed by atoms with Gasteiger partial charge in [-0.2, -0.15) is 5.48 Å². The van der Waals surface area contributed by atoms with Crippen molar-refractivity contribution in [2.75, 3.05) is 0 Å². The van der Waals surface area contributed by atoms with Gasteiger partial charge in [0, 0.05) is 7.05 Å². The Morgan fingerprint density at radius 3 is 2.65 bits per heavy atom. The van der Waals surface area contributed by atoms with Crippen molar-refractivity contribution >= 4 is 11.0 Å². The minimum atomic E-state index is -0.190. The molecular formula is C13H19N3O. The first kappa shape index (κ1) is 12.1. The molecule has 17 heavy (non-hydrogen) atoms. The van der Waals surface area contributed by atoms with E-state index in [9.17, 15) is 0 Å². The Hall–Kier alpha value is -1.39. The van der Waals surface area contributed by atoms with Crippen molar-refractivity contribution in [2.45, 2.75) is 32.9 Å². The monoisotopic (exact) mass is 233 g/mol. The van der Waals surface area contributed by atoms with Crippen LogP contribution in [0.4, 0.5) is 0 Å². The Bertz CT molecular complexity index is 511. The molecule has 0 atom stereocenters. The lowest BCUT2D eigenvalue weighted by molar-refractivity contribution is -0.0767. The Kier molecular flexibility index (Phi) is 3.17. The van der Waals surface area contributed by atoms with E-state index in [4.69, 9.17) is 4.84 Å². The summed E-state index contributed by atoms with van der Waals surface area (Å²) in [5, 5.41) is 0. The van der Waals surface area contributed by atoms with Gasteiger partial charge in [0.25, 0.3) is 0 Å². The zero-order chi connectivity index (χ0) is 12.5. The molecule has 0 fully saturated rings. The molecule has 0 spiro atoms. The van der Waals surface area contributed by atoms with Crippen molar-refractivity contribution in [3.63, 3.8) is 0 Å². The molecule has 0 unspecified atom stereocenters. The third kappa shape index (κ3) is 2.84. The van der Waals surface area contributed by atoms with Crippen molar-refractivity contribution < 1.29 is 4.84 Å². The van der Waals surface area contributed by atoms with Crippen molar-refractivity contribution in [1.82, 2.24) is 15.0 Å². The summed E-state index contributed by atoms with van der Waals surface area (Å²) in [5.41, 5.74) is 4.93. The molecule has 2 rings (SSSR count). The number of aryl methyl sites for hydroxylation is 1. The zero-order valence-corrected chi connectivity index (χ0v) is 10.8. The van der Waals surface area contributed by atoms with Crippen LogP contribution in [0.2, 0.25) is 0 Å². The number of hydrogen-bond donors (Lipinski definition) is 1. The van der Waals surface area contributed by atoms with E-state index in [0.29, 0.717) is 6.54 Å². The fourth-order valence-electron chi connectivity index (χ4n) is 1.67. The molecule has 1 N–H and O–H groups in total. The number of nitrogens with one attached hydrogen (secondary N) is 1. The first-order valence-corrected chi connectivity index (χ1v) is 5.78. The number of hydroxylamine groups is 1. The van der Waals surface area contributed by atoms with Gasteiger partial charge in [0.05, 0.1) is 23.2 Å². The zero-order valence-electron chi connectivity index (χ0n) is 10.8. The van der Waals surface area contributed by atoms with Gasteiger partial charge in [0.15, 0.2) is 0 Å². The van der Waals surface area contributed by atoms with Gasteiger partial charge in [-0.1, -0.05) is 12.1 Å². The van der Waals surface area contributed by atoms with Crippen molar-refractivity contribution in [3.8, 4) is 0 Å². The average Bonchev–Trinajstić information content (AvgIpc) is 2.55. The largest absolute Gasteiger partial charge is 0.330 e. The molecule has 0 saturated heterocycles. The molecule has 0 aliphatic heterocycles. The summed E-state index contributed by atoms with van der Waals surface area (Å²) >= 11 is 0. The van der Waals surface area contributed by atoms with E-state index in [-0.39, 0.29) is 5.60 Å². The molecule has 0 aliphatic carbocycles. The predicted molar refractivity (Wildman–Crippen MR) is 68.4 cm³/mol. The van der Waals surface area contributed by atoms with E-state index in [1.54, 1.807) is 0 Å². The first-order valence-electron chi connectivity index (χ1n) is 5.78. The van der Waals surface area contributed by atoms with Crippen LogP contribution >= 0.6 is 0 Å². The maximum Gasteiger partial charge on any atom is 0.126 e. The van der Waals surface area contributed by atoms with Crippen molar-refractivity contribution in [3.05, 3.63) is 30.1 Å². The lowest BCUT2D eigenvalue weighted by Gasteiger charge is -2.19. The van der Waals surface area contributed by atoms with Crippen LogP contribution in [-0.2, 0) is 18.4 Å². The number of imidazole rings is 1. The normalized spacial score (nSPS) is 12.2. The van der Waals surface area contributed by atoms with Crippen molar-refractivity contribution in [1.29, 1.82) is 0 Å². The molecule has 0 saturated carbocycles. The predicted octanol–water partition coefficient (Wildman–Crippen LogP) is 2.39. The maximum absolute atomic E-state index is 5.48. The highest BCUT2D eigenvalue weighted by atomic mass is 16.7. The SMILES string of the molecule is Cn1c(CNOC(C)(C)C)nc2ccccc21. The van der Waals surface area contributed by atoms with Crippen LogP contribution in [0, 0.1) is 0 Å². The highest BCUT2D eigenvalue weighted by molar-refractivity contribution is 5.75. The molecule has 2 aromatic rings. The highest BCUT2D eigenvalue weighted by Crippen LogP contribution is 2.14. The number of rotatable bonds is 3. The number of fused-ring (bicyclic) bond motifs is 1. The minimum Gasteiger partial charge on any atom is -0.330 e. The molecule has 0 amide bonds. The van der Waals surface area contributed by atoms with Crippen LogP contribution in [-0.4, -0.2) is 15.2 Å². The van der Waals surface area contributed by atoms with Gasteiger partial charge in [-0.25, -0.2) is 4.98 Å². The van der Waals surface area contributed by atoms with E-state index in [2.05, 4.69) is 21.1 Å². The Morgan fingerprint density at radius 1 is 1.29 bits per heavy atom. The summed E-state index contributed by atoms with van der Waals surface area (Å²) in [4.78, 5) is 10.0. The number of hydrogen-bond acceptors (Lipinski definition) is 3. The summed E-state index contributed by atoms with van der Waals surface area (Å²) < 4.78 is 2.08. The third-order valence-electron chi connectivity index (χ3n) is 2.49. The second-order valence-corrected chi connectivity index (χ2v) is 5.11. The van der Waals surface area contributed by atoms with Crippen LogP contribution in [0.5, 0.6) is 0 Å². The second-order valence-electron chi connectivity index (χ2n) is 5.11. The summed E-state index contributed by atoms with van der Waals surface area (Å²) in [6.07, 6.45) is 0. The minimum absolute atomic E-state index is 0.190. The van der Waals surface area contributed by atoms with Crippen LogP contribution in [0.1, 0.15) is 26.6 Å². The summed E-state index contributed by atoms with van der Waals surface area (Å²) in [6.45, 7) is 6.63. The topological polar surface area (TPSA) is 39.1 Å². The summed E-state index contributed by atoms with van der Waals surface area (Å²) in [5.74, 6) is 0.968. The van der Waals surface area contributed by atoms with E-state index in [1.165, 1.54) is 0 Å². The van der Waals surface area contributed by atoms with Crippen LogP contribution in [0.15, 0.2) is 24.3 Å². The molecule has 1 aromatic heterocycles. The Balaban J connectivity index is 2.11. The average molecular weight is 233 g/mol. The molecule has 4 heteroatoms. The standard InChI is InChI=1S/C13H19N3O/c1-13(2,3)17-14-9-12-15-10-7-5-6-8-11(10)16(12)4/h5-8,14H,9H2,1-4H3. The van der Waals surface area contributed by atoms with Crippen LogP contribution < -0.4 is 5.48 Å². The van der Waals surface area contributed by atoms with Gasteiger partial charge in [-0.3, -0.25) is 4.84 Å². The fraction of sp³-hybridized carbons (Fsp3) is 0.462. The number of aromatic nitrogens is 2. The Morgan fingerprint density at radius 2 is 2.00 bits per heavy atom. The lowest BCUT2D eigenvalue weighted by atomic mass is 10.2. The smallest absolute Gasteiger partial charge is 0.126 e. The number of nitrogens with zero attached hydrogens (tertiary/aromatic N) is 2. The molecule has 0 aliphatic rings. The van der Waals surface area contributed by atoms with Gasteiger partial charge in [0.2, 0.25) is 0 Å². The molecular weight excluding hydrogens is 214 g/mol. The molecule has 1 aromatic carbocycles. The third-order valence-corrected chi connectivity index (χ3v) is 2.49. The van der Waals surface area contributed by atoms with Crippen LogP contribution in [0.3, 0.4) is 0 Å². The van der Waals surface area contributed by atoms with E-state index in [1.807, 2.05) is 46.0 Å². The first-order chi connectivity index (χ1) is 7.97. The number of para-hydroxylation sites is 2. The molecule has 4 nitrogen and oxygen atoms in total. The van der Waals surface area contributed by atoms with E-state index < -0.39 is 0 Å². The van der Waals surface area contributed by atoms with Gasteiger partial charge in [0.1, 0.15) is 5.82 Å². The summed E-state index contributed by atoms with van der Waals surface area (Å²) in [7, 11) is 2.02. The maximum atomic E-state index is 5.48. The lowest BCUT2D eigenvalue weighted by Crippen LogP contribution is -2.29. The van der Waals surface area contributed by atoms with Crippen LogP contribution in [0.25, 0.3) is 11.0 Å². The molecule has 0 radical (unpaired) electrons.